The van der Waals surface area contributed by atoms with E-state index in [0.29, 0.717) is 5.92 Å². The van der Waals surface area contributed by atoms with Gasteiger partial charge < -0.3 is 0 Å². The summed E-state index contributed by atoms with van der Waals surface area (Å²) < 4.78 is 0. The molecule has 0 radical (unpaired) electrons. The second-order valence-corrected chi connectivity index (χ2v) is 3.71. The second kappa shape index (κ2) is 4.43. The van der Waals surface area contributed by atoms with Gasteiger partial charge in [0.15, 0.2) is 0 Å². The van der Waals surface area contributed by atoms with Crippen LogP contribution in [0.2, 0.25) is 5.02 Å². The molecule has 0 aliphatic carbocycles. The third kappa shape index (κ3) is 2.56. The number of rotatable bonds is 2. The minimum absolute atomic E-state index is 0.450. The minimum Gasteiger partial charge on any atom is -0.292 e. The van der Waals surface area contributed by atoms with Crippen LogP contribution in [0.1, 0.15) is 19.4 Å². The molecule has 0 heterocycles. The number of nitrogens with zero attached hydrogens (tertiary/aromatic N) is 1. The van der Waals surface area contributed by atoms with E-state index in [1.54, 1.807) is 0 Å². The molecule has 0 bridgehead atoms. The number of halogens is 1. The van der Waals surface area contributed by atoms with Gasteiger partial charge >= 0.3 is 0 Å². The van der Waals surface area contributed by atoms with E-state index in [-0.39, 0.29) is 0 Å². The fourth-order valence-electron chi connectivity index (χ4n) is 1.34. The van der Waals surface area contributed by atoms with Crippen LogP contribution in [0.15, 0.2) is 29.3 Å². The Bertz CT molecular complexity index is 298. The Morgan fingerprint density at radius 1 is 1.23 bits per heavy atom. The Hall–Kier alpha value is -0.820. The van der Waals surface area contributed by atoms with Crippen molar-refractivity contribution in [1.29, 1.82) is 0 Å². The van der Waals surface area contributed by atoms with Gasteiger partial charge in [0.1, 0.15) is 0 Å². The van der Waals surface area contributed by atoms with Crippen LogP contribution in [0, 0.1) is 5.92 Å². The Morgan fingerprint density at radius 2 is 1.77 bits per heavy atom. The van der Waals surface area contributed by atoms with Crippen molar-refractivity contribution in [2.24, 2.45) is 10.9 Å². The predicted molar refractivity (Wildman–Crippen MR) is 58.8 cm³/mol. The predicted octanol–water partition coefficient (Wildman–Crippen LogP) is 3.41. The Kier molecular flexibility index (Phi) is 3.49. The summed E-state index contributed by atoms with van der Waals surface area (Å²) in [5.41, 5.74) is 2.28. The minimum atomic E-state index is 0.450. The lowest BCUT2D eigenvalue weighted by Crippen LogP contribution is -2.08. The molecule has 0 unspecified atom stereocenters. The van der Waals surface area contributed by atoms with E-state index in [1.807, 2.05) is 31.3 Å². The lowest BCUT2D eigenvalue weighted by molar-refractivity contribution is 0.882. The zero-order chi connectivity index (χ0) is 9.84. The quantitative estimate of drug-likeness (QED) is 0.642. The maximum atomic E-state index is 5.80. The summed E-state index contributed by atoms with van der Waals surface area (Å²) in [6, 6.07) is 7.80. The molecule has 2 heteroatoms. The summed E-state index contributed by atoms with van der Waals surface area (Å²) in [7, 11) is 1.82. The largest absolute Gasteiger partial charge is 0.292 e. The van der Waals surface area contributed by atoms with Crippen LogP contribution < -0.4 is 0 Å². The van der Waals surface area contributed by atoms with Gasteiger partial charge in [-0.05, 0) is 23.6 Å². The fourth-order valence-corrected chi connectivity index (χ4v) is 1.47. The first-order chi connectivity index (χ1) is 6.15. The Morgan fingerprint density at radius 3 is 2.15 bits per heavy atom. The summed E-state index contributed by atoms with van der Waals surface area (Å²) in [5.74, 6) is 0.450. The zero-order valence-corrected chi connectivity index (χ0v) is 8.97. The van der Waals surface area contributed by atoms with Crippen molar-refractivity contribution >= 4 is 17.3 Å². The molecule has 0 aromatic heterocycles. The molecule has 1 rings (SSSR count). The van der Waals surface area contributed by atoms with Crippen molar-refractivity contribution in [2.75, 3.05) is 7.05 Å². The molecule has 1 nitrogen and oxygen atoms in total. The van der Waals surface area contributed by atoms with E-state index in [0.717, 1.165) is 16.3 Å². The van der Waals surface area contributed by atoms with Gasteiger partial charge in [-0.3, -0.25) is 4.99 Å². The SMILES string of the molecule is CN=C(c1ccc(Cl)cc1)C(C)C. The molecule has 0 saturated heterocycles. The van der Waals surface area contributed by atoms with Gasteiger partial charge in [-0.2, -0.15) is 0 Å². The molecule has 0 spiro atoms. The monoisotopic (exact) mass is 195 g/mol. The Balaban J connectivity index is 3.00. The highest BCUT2D eigenvalue weighted by atomic mass is 35.5. The number of benzene rings is 1. The first-order valence-electron chi connectivity index (χ1n) is 4.37. The van der Waals surface area contributed by atoms with Gasteiger partial charge in [-0.25, -0.2) is 0 Å². The number of aliphatic imine (C=N–C) groups is 1. The molecule has 0 atom stereocenters. The molecule has 0 N–H and O–H groups in total. The summed E-state index contributed by atoms with van der Waals surface area (Å²) in [4.78, 5) is 4.26. The van der Waals surface area contributed by atoms with Crippen LogP contribution in [0.4, 0.5) is 0 Å². The van der Waals surface area contributed by atoms with Gasteiger partial charge in [0.05, 0.1) is 0 Å². The first-order valence-corrected chi connectivity index (χ1v) is 4.75. The lowest BCUT2D eigenvalue weighted by atomic mass is 10.0. The number of hydrogen-bond acceptors (Lipinski definition) is 1. The van der Waals surface area contributed by atoms with Crippen LogP contribution in [-0.2, 0) is 0 Å². The normalized spacial score (nSPS) is 12.2. The Labute approximate surface area is 84.5 Å². The number of hydrogen-bond donors (Lipinski definition) is 0. The van der Waals surface area contributed by atoms with Gasteiger partial charge in [-0.1, -0.05) is 37.6 Å². The zero-order valence-electron chi connectivity index (χ0n) is 8.21. The van der Waals surface area contributed by atoms with Gasteiger partial charge in [-0.15, -0.1) is 0 Å². The van der Waals surface area contributed by atoms with Crippen LogP contribution in [0.25, 0.3) is 0 Å². The highest BCUT2D eigenvalue weighted by Gasteiger charge is 2.06. The van der Waals surface area contributed by atoms with E-state index < -0.39 is 0 Å². The molecule has 1 aromatic carbocycles. The molecule has 0 aliphatic heterocycles. The van der Waals surface area contributed by atoms with Gasteiger partial charge in [0, 0.05) is 17.8 Å². The van der Waals surface area contributed by atoms with E-state index >= 15 is 0 Å². The lowest BCUT2D eigenvalue weighted by Gasteiger charge is -2.09. The third-order valence-corrected chi connectivity index (χ3v) is 2.18. The molecule has 70 valence electrons. The fraction of sp³-hybridized carbons (Fsp3) is 0.364. The first kappa shape index (κ1) is 10.3. The highest BCUT2D eigenvalue weighted by Crippen LogP contribution is 2.13. The summed E-state index contributed by atoms with van der Waals surface area (Å²) in [5, 5.41) is 0.767. The molecule has 0 aliphatic rings. The average Bonchev–Trinajstić information content (AvgIpc) is 2.09. The standard InChI is InChI=1S/C11H14ClN/c1-8(2)11(13-3)9-4-6-10(12)7-5-9/h4-8H,1-3H3. The molecule has 0 fully saturated rings. The van der Waals surface area contributed by atoms with Crippen molar-refractivity contribution in [1.82, 2.24) is 0 Å². The van der Waals surface area contributed by atoms with Crippen molar-refractivity contribution < 1.29 is 0 Å². The van der Waals surface area contributed by atoms with Crippen molar-refractivity contribution in [3.8, 4) is 0 Å². The van der Waals surface area contributed by atoms with Crippen molar-refractivity contribution in [3.05, 3.63) is 34.9 Å². The van der Waals surface area contributed by atoms with Crippen molar-refractivity contribution in [3.63, 3.8) is 0 Å². The van der Waals surface area contributed by atoms with Crippen LogP contribution in [0.3, 0.4) is 0 Å². The topological polar surface area (TPSA) is 12.4 Å². The summed E-state index contributed by atoms with van der Waals surface area (Å²) >= 11 is 5.80. The van der Waals surface area contributed by atoms with E-state index in [9.17, 15) is 0 Å². The van der Waals surface area contributed by atoms with E-state index in [4.69, 9.17) is 11.6 Å². The maximum absolute atomic E-state index is 5.80. The summed E-state index contributed by atoms with van der Waals surface area (Å²) in [6.07, 6.45) is 0. The van der Waals surface area contributed by atoms with E-state index in [2.05, 4.69) is 18.8 Å². The molecule has 13 heavy (non-hydrogen) atoms. The second-order valence-electron chi connectivity index (χ2n) is 3.27. The molecule has 1 aromatic rings. The molecular weight excluding hydrogens is 182 g/mol. The van der Waals surface area contributed by atoms with Crippen LogP contribution >= 0.6 is 11.6 Å². The molecule has 0 saturated carbocycles. The van der Waals surface area contributed by atoms with Gasteiger partial charge in [0.25, 0.3) is 0 Å². The third-order valence-electron chi connectivity index (χ3n) is 1.93. The van der Waals surface area contributed by atoms with Crippen LogP contribution in [-0.4, -0.2) is 12.8 Å². The smallest absolute Gasteiger partial charge is 0.0442 e. The summed E-state index contributed by atoms with van der Waals surface area (Å²) in [6.45, 7) is 4.27. The molecular formula is C11H14ClN. The highest BCUT2D eigenvalue weighted by molar-refractivity contribution is 6.30. The average molecular weight is 196 g/mol. The molecule has 0 amide bonds. The van der Waals surface area contributed by atoms with Gasteiger partial charge in [0.2, 0.25) is 0 Å². The van der Waals surface area contributed by atoms with E-state index in [1.165, 1.54) is 0 Å². The van der Waals surface area contributed by atoms with Crippen molar-refractivity contribution in [2.45, 2.75) is 13.8 Å². The van der Waals surface area contributed by atoms with Crippen LogP contribution in [0.5, 0.6) is 0 Å². The maximum Gasteiger partial charge on any atom is 0.0442 e.